The number of hydrogen-bond donors (Lipinski definition) is 2. The highest BCUT2D eigenvalue weighted by Gasteiger charge is 2.25. The Labute approximate surface area is 111 Å². The van der Waals surface area contributed by atoms with Crippen LogP contribution in [0.4, 0.5) is 0 Å². The largest absolute Gasteiger partial charge is 0.493 e. The monoisotopic (exact) mass is 266 g/mol. The molecule has 6 heteroatoms. The minimum absolute atomic E-state index is 0.119. The molecule has 2 rings (SSSR count). The van der Waals surface area contributed by atoms with E-state index in [0.29, 0.717) is 22.8 Å². The van der Waals surface area contributed by atoms with Crippen molar-refractivity contribution in [1.82, 2.24) is 5.32 Å². The number of carbonyl (C=O) groups excluding carboxylic acids is 1. The number of rotatable bonds is 5. The minimum Gasteiger partial charge on any atom is -0.493 e. The molecule has 0 spiro atoms. The molecule has 0 fully saturated rings. The van der Waals surface area contributed by atoms with Gasteiger partial charge in [-0.25, -0.2) is 0 Å². The van der Waals surface area contributed by atoms with Gasteiger partial charge in [0.15, 0.2) is 11.5 Å². The Morgan fingerprint density at radius 1 is 1.42 bits per heavy atom. The number of primary amides is 1. The van der Waals surface area contributed by atoms with Gasteiger partial charge in [-0.15, -0.1) is 0 Å². The topological polar surface area (TPSA) is 82.8 Å². The summed E-state index contributed by atoms with van der Waals surface area (Å²) in [5, 5.41) is 3.11. The molecule has 1 aromatic carbocycles. The third-order valence-electron chi connectivity index (χ3n) is 2.80. The summed E-state index contributed by atoms with van der Waals surface area (Å²) in [6, 6.07) is 3.01. The number of amides is 1. The number of hydrogen-bond acceptors (Lipinski definition) is 5. The number of nitrogens with two attached hydrogens (primary N) is 1. The van der Waals surface area contributed by atoms with Gasteiger partial charge in [0, 0.05) is 6.04 Å². The van der Waals surface area contributed by atoms with Crippen LogP contribution in [0.15, 0.2) is 12.1 Å². The Morgan fingerprint density at radius 2 is 2.16 bits per heavy atom. The number of carbonyl (C=O) groups is 1. The highest BCUT2D eigenvalue weighted by atomic mass is 16.7. The average Bonchev–Trinajstić information content (AvgIpc) is 2.82. The molecule has 0 radical (unpaired) electrons. The maximum absolute atomic E-state index is 11.6. The molecule has 1 aliphatic heterocycles. The summed E-state index contributed by atoms with van der Waals surface area (Å²) in [5.74, 6) is 1.20. The van der Waals surface area contributed by atoms with E-state index in [0.717, 1.165) is 0 Å². The molecule has 0 bridgehead atoms. The second-order valence-corrected chi connectivity index (χ2v) is 4.61. The lowest BCUT2D eigenvalue weighted by atomic mass is 10.0. The average molecular weight is 266 g/mol. The lowest BCUT2D eigenvalue weighted by Gasteiger charge is -2.19. The van der Waals surface area contributed by atoms with Crippen molar-refractivity contribution < 1.29 is 19.0 Å². The van der Waals surface area contributed by atoms with E-state index in [4.69, 9.17) is 19.9 Å². The molecule has 6 nitrogen and oxygen atoms in total. The van der Waals surface area contributed by atoms with E-state index in [1.54, 1.807) is 12.1 Å². The van der Waals surface area contributed by atoms with Gasteiger partial charge in [-0.2, -0.15) is 0 Å². The Bertz CT molecular complexity index is 488. The van der Waals surface area contributed by atoms with E-state index in [1.807, 2.05) is 13.8 Å². The van der Waals surface area contributed by atoms with Gasteiger partial charge in [0.05, 0.1) is 7.11 Å². The molecule has 0 aromatic heterocycles. The summed E-state index contributed by atoms with van der Waals surface area (Å²) in [4.78, 5) is 11.6. The Hall–Kier alpha value is -1.95. The van der Waals surface area contributed by atoms with Gasteiger partial charge in [-0.3, -0.25) is 10.1 Å². The molecule has 1 amide bonds. The first-order valence-corrected chi connectivity index (χ1v) is 6.05. The van der Waals surface area contributed by atoms with Gasteiger partial charge in [-0.05, 0) is 31.5 Å². The van der Waals surface area contributed by atoms with Gasteiger partial charge < -0.3 is 19.9 Å². The molecule has 1 aromatic rings. The lowest BCUT2D eigenvalue weighted by molar-refractivity contribution is -0.120. The summed E-state index contributed by atoms with van der Waals surface area (Å²) in [7, 11) is 1.54. The first-order valence-electron chi connectivity index (χ1n) is 6.05. The molecule has 1 atom stereocenters. The molecule has 0 saturated heterocycles. The first kappa shape index (κ1) is 13.5. The Kier molecular flexibility index (Phi) is 3.80. The van der Waals surface area contributed by atoms with Crippen molar-refractivity contribution in [1.29, 1.82) is 0 Å². The van der Waals surface area contributed by atoms with E-state index < -0.39 is 11.9 Å². The SMILES string of the molecule is COc1cc(C(NC(C)C)C(N)=O)cc2c1OCO2. The van der Waals surface area contributed by atoms with Crippen LogP contribution in [0.2, 0.25) is 0 Å². The second-order valence-electron chi connectivity index (χ2n) is 4.61. The lowest BCUT2D eigenvalue weighted by Crippen LogP contribution is -2.37. The fourth-order valence-corrected chi connectivity index (χ4v) is 1.99. The van der Waals surface area contributed by atoms with Gasteiger partial charge >= 0.3 is 0 Å². The van der Waals surface area contributed by atoms with Crippen LogP contribution in [0.5, 0.6) is 17.2 Å². The standard InChI is InChI=1S/C13H18N2O4/c1-7(2)15-11(13(14)16)8-4-9(17-3)12-10(5-8)18-6-19-12/h4-5,7,11,15H,6H2,1-3H3,(H2,14,16). The van der Waals surface area contributed by atoms with Crippen molar-refractivity contribution in [3.8, 4) is 17.2 Å². The van der Waals surface area contributed by atoms with E-state index in [9.17, 15) is 4.79 Å². The number of benzene rings is 1. The summed E-state index contributed by atoms with van der Waals surface area (Å²) < 4.78 is 15.9. The predicted octanol–water partition coefficient (Wildman–Crippen LogP) is 0.948. The number of ether oxygens (including phenoxy) is 3. The van der Waals surface area contributed by atoms with E-state index in [1.165, 1.54) is 7.11 Å². The molecule has 1 aliphatic rings. The van der Waals surface area contributed by atoms with Crippen molar-refractivity contribution >= 4 is 5.91 Å². The molecule has 1 heterocycles. The van der Waals surface area contributed by atoms with Crippen LogP contribution in [0.25, 0.3) is 0 Å². The molecule has 0 saturated carbocycles. The van der Waals surface area contributed by atoms with Crippen molar-refractivity contribution in [2.75, 3.05) is 13.9 Å². The number of methoxy groups -OCH3 is 1. The molecule has 1 unspecified atom stereocenters. The quantitative estimate of drug-likeness (QED) is 0.829. The summed E-state index contributed by atoms with van der Waals surface area (Å²) in [6.07, 6.45) is 0. The van der Waals surface area contributed by atoms with Gasteiger partial charge in [0.1, 0.15) is 6.04 Å². The van der Waals surface area contributed by atoms with Crippen molar-refractivity contribution in [2.45, 2.75) is 25.9 Å². The van der Waals surface area contributed by atoms with Crippen LogP contribution in [0.3, 0.4) is 0 Å². The first-order chi connectivity index (χ1) is 9.02. The summed E-state index contributed by atoms with van der Waals surface area (Å²) in [6.45, 7) is 4.04. The molecular weight excluding hydrogens is 248 g/mol. The van der Waals surface area contributed by atoms with Gasteiger partial charge in [0.25, 0.3) is 0 Å². The third-order valence-corrected chi connectivity index (χ3v) is 2.80. The molecule has 3 N–H and O–H groups in total. The highest BCUT2D eigenvalue weighted by molar-refractivity contribution is 5.82. The fourth-order valence-electron chi connectivity index (χ4n) is 1.99. The zero-order valence-electron chi connectivity index (χ0n) is 11.2. The van der Waals surface area contributed by atoms with E-state index in [-0.39, 0.29) is 12.8 Å². The van der Waals surface area contributed by atoms with Crippen LogP contribution >= 0.6 is 0 Å². The van der Waals surface area contributed by atoms with E-state index in [2.05, 4.69) is 5.32 Å². The third kappa shape index (κ3) is 2.73. The molecular formula is C13H18N2O4. The van der Waals surface area contributed by atoms with Crippen LogP contribution in [0, 0.1) is 0 Å². The number of nitrogens with one attached hydrogen (secondary N) is 1. The normalized spacial score (nSPS) is 14.5. The highest BCUT2D eigenvalue weighted by Crippen LogP contribution is 2.42. The molecule has 0 aliphatic carbocycles. The maximum atomic E-state index is 11.6. The Morgan fingerprint density at radius 3 is 2.74 bits per heavy atom. The molecule has 104 valence electrons. The zero-order chi connectivity index (χ0) is 14.0. The maximum Gasteiger partial charge on any atom is 0.239 e. The van der Waals surface area contributed by atoms with Crippen molar-refractivity contribution in [2.24, 2.45) is 5.73 Å². The molecule has 19 heavy (non-hydrogen) atoms. The van der Waals surface area contributed by atoms with Crippen LogP contribution in [-0.4, -0.2) is 25.9 Å². The van der Waals surface area contributed by atoms with Crippen LogP contribution < -0.4 is 25.3 Å². The van der Waals surface area contributed by atoms with Crippen molar-refractivity contribution in [3.05, 3.63) is 17.7 Å². The van der Waals surface area contributed by atoms with Gasteiger partial charge in [0.2, 0.25) is 18.4 Å². The smallest absolute Gasteiger partial charge is 0.239 e. The fraction of sp³-hybridized carbons (Fsp3) is 0.462. The predicted molar refractivity (Wildman–Crippen MR) is 69.3 cm³/mol. The summed E-state index contributed by atoms with van der Waals surface area (Å²) in [5.41, 5.74) is 6.14. The summed E-state index contributed by atoms with van der Waals surface area (Å²) >= 11 is 0. The van der Waals surface area contributed by atoms with Crippen LogP contribution in [0.1, 0.15) is 25.5 Å². The second kappa shape index (κ2) is 5.36. The van der Waals surface area contributed by atoms with Crippen molar-refractivity contribution in [3.63, 3.8) is 0 Å². The minimum atomic E-state index is -0.594. The van der Waals surface area contributed by atoms with Crippen LogP contribution in [-0.2, 0) is 4.79 Å². The van der Waals surface area contributed by atoms with E-state index >= 15 is 0 Å². The zero-order valence-corrected chi connectivity index (χ0v) is 11.2. The Balaban J connectivity index is 2.40. The van der Waals surface area contributed by atoms with Gasteiger partial charge in [-0.1, -0.05) is 0 Å². The number of fused-ring (bicyclic) bond motifs is 1.